The molecule has 0 radical (unpaired) electrons. The topological polar surface area (TPSA) is 37.8 Å². The van der Waals surface area contributed by atoms with Crippen LogP contribution >= 0.6 is 23.2 Å². The smallest absolute Gasteiger partial charge is 0.0890 e. The highest BCUT2D eigenvalue weighted by Crippen LogP contribution is 2.31. The first-order chi connectivity index (χ1) is 10.2. The Morgan fingerprint density at radius 3 is 2.48 bits per heavy atom. The monoisotopic (exact) mass is 317 g/mol. The molecule has 0 amide bonds. The molecule has 5 heteroatoms. The lowest BCUT2D eigenvalue weighted by atomic mass is 9.98. The molecule has 0 aliphatic carbocycles. The fraction of sp³-hybridized carbons (Fsp3) is 0.125. The van der Waals surface area contributed by atoms with E-state index in [4.69, 9.17) is 23.2 Å². The minimum absolute atomic E-state index is 0.0531. The number of aromatic nitrogens is 2. The van der Waals surface area contributed by atoms with Crippen LogP contribution in [0.5, 0.6) is 0 Å². The zero-order chi connectivity index (χ0) is 14.8. The summed E-state index contributed by atoms with van der Waals surface area (Å²) in [6, 6.07) is 11.4. The van der Waals surface area contributed by atoms with Crippen LogP contribution in [0.2, 0.25) is 10.0 Å². The molecule has 0 spiro atoms. The van der Waals surface area contributed by atoms with Crippen LogP contribution in [0, 0.1) is 0 Å². The third-order valence-electron chi connectivity index (χ3n) is 3.38. The maximum atomic E-state index is 6.31. The van der Waals surface area contributed by atoms with Crippen LogP contribution in [0.25, 0.3) is 11.0 Å². The highest BCUT2D eigenvalue weighted by Gasteiger charge is 2.16. The molecule has 1 unspecified atom stereocenters. The van der Waals surface area contributed by atoms with Gasteiger partial charge >= 0.3 is 0 Å². The Balaban J connectivity index is 2.11. The van der Waals surface area contributed by atoms with Gasteiger partial charge in [-0.1, -0.05) is 29.3 Å². The first-order valence-electron chi connectivity index (χ1n) is 6.52. The molecule has 0 saturated carbocycles. The number of nitrogens with zero attached hydrogens (tertiary/aromatic N) is 2. The van der Waals surface area contributed by atoms with Crippen LogP contribution < -0.4 is 5.32 Å². The quantitative estimate of drug-likeness (QED) is 0.785. The summed E-state index contributed by atoms with van der Waals surface area (Å²) in [5.41, 5.74) is 3.73. The van der Waals surface area contributed by atoms with Crippen molar-refractivity contribution in [2.75, 3.05) is 7.05 Å². The van der Waals surface area contributed by atoms with Crippen molar-refractivity contribution in [3.63, 3.8) is 0 Å². The van der Waals surface area contributed by atoms with E-state index < -0.39 is 0 Å². The van der Waals surface area contributed by atoms with Gasteiger partial charge in [0.2, 0.25) is 0 Å². The fourth-order valence-electron chi connectivity index (χ4n) is 2.40. The number of hydrogen-bond acceptors (Lipinski definition) is 3. The molecule has 0 aliphatic rings. The summed E-state index contributed by atoms with van der Waals surface area (Å²) < 4.78 is 0. The van der Waals surface area contributed by atoms with Crippen molar-refractivity contribution in [1.82, 2.24) is 15.3 Å². The molecule has 0 bridgehead atoms. The van der Waals surface area contributed by atoms with Crippen molar-refractivity contribution >= 4 is 34.2 Å². The lowest BCUT2D eigenvalue weighted by Crippen LogP contribution is -2.18. The highest BCUT2D eigenvalue weighted by molar-refractivity contribution is 6.33. The van der Waals surface area contributed by atoms with Gasteiger partial charge in [0.05, 0.1) is 17.1 Å². The van der Waals surface area contributed by atoms with Crippen LogP contribution in [-0.2, 0) is 0 Å². The lowest BCUT2D eigenvalue weighted by Gasteiger charge is -2.19. The maximum absolute atomic E-state index is 6.31. The van der Waals surface area contributed by atoms with Gasteiger partial charge in [-0.15, -0.1) is 0 Å². The van der Waals surface area contributed by atoms with Gasteiger partial charge in [0, 0.05) is 22.4 Å². The summed E-state index contributed by atoms with van der Waals surface area (Å²) in [5, 5.41) is 4.62. The van der Waals surface area contributed by atoms with Gasteiger partial charge in [0.25, 0.3) is 0 Å². The van der Waals surface area contributed by atoms with E-state index in [1.54, 1.807) is 18.5 Å². The minimum atomic E-state index is -0.0531. The van der Waals surface area contributed by atoms with Crippen LogP contribution in [0.4, 0.5) is 0 Å². The predicted molar refractivity (Wildman–Crippen MR) is 86.9 cm³/mol. The van der Waals surface area contributed by atoms with Crippen molar-refractivity contribution in [2.45, 2.75) is 6.04 Å². The molecular weight excluding hydrogens is 305 g/mol. The molecule has 1 heterocycles. The minimum Gasteiger partial charge on any atom is -0.309 e. The second-order valence-corrected chi connectivity index (χ2v) is 5.54. The van der Waals surface area contributed by atoms with Gasteiger partial charge in [-0.3, -0.25) is 9.97 Å². The Kier molecular flexibility index (Phi) is 4.06. The Labute approximate surface area is 132 Å². The average Bonchev–Trinajstić information content (AvgIpc) is 2.51. The number of nitrogens with one attached hydrogen (secondary N) is 1. The van der Waals surface area contributed by atoms with Crippen LogP contribution in [0.1, 0.15) is 17.2 Å². The fourth-order valence-corrected chi connectivity index (χ4v) is 2.80. The van der Waals surface area contributed by atoms with Gasteiger partial charge in [0.15, 0.2) is 0 Å². The van der Waals surface area contributed by atoms with Gasteiger partial charge in [0.1, 0.15) is 0 Å². The Hall–Kier alpha value is -1.68. The summed E-state index contributed by atoms with van der Waals surface area (Å²) in [4.78, 5) is 8.62. The van der Waals surface area contributed by atoms with Crippen LogP contribution in [-0.4, -0.2) is 17.0 Å². The first kappa shape index (κ1) is 14.3. The molecule has 0 fully saturated rings. The van der Waals surface area contributed by atoms with Gasteiger partial charge in [-0.25, -0.2) is 0 Å². The zero-order valence-electron chi connectivity index (χ0n) is 11.3. The van der Waals surface area contributed by atoms with E-state index in [0.29, 0.717) is 10.0 Å². The molecule has 3 nitrogen and oxygen atoms in total. The Bertz CT molecular complexity index is 789. The molecule has 3 aromatic rings. The standard InChI is InChI=1S/C16H13Cl2N3/c1-19-16(12-9-11(17)3-4-13(12)18)10-2-5-14-15(8-10)21-7-6-20-14/h2-9,16,19H,1H3. The molecule has 3 rings (SSSR count). The lowest BCUT2D eigenvalue weighted by molar-refractivity contribution is 0.693. The van der Waals surface area contributed by atoms with E-state index in [2.05, 4.69) is 15.3 Å². The first-order valence-corrected chi connectivity index (χ1v) is 7.27. The normalized spacial score (nSPS) is 12.5. The van der Waals surface area contributed by atoms with E-state index in [1.807, 2.05) is 37.4 Å². The van der Waals surface area contributed by atoms with E-state index in [0.717, 1.165) is 22.2 Å². The highest BCUT2D eigenvalue weighted by atomic mass is 35.5. The predicted octanol–water partition coefficient (Wildman–Crippen LogP) is 4.25. The Morgan fingerprint density at radius 1 is 0.952 bits per heavy atom. The van der Waals surface area contributed by atoms with Crippen molar-refractivity contribution < 1.29 is 0 Å². The Morgan fingerprint density at radius 2 is 1.71 bits per heavy atom. The number of rotatable bonds is 3. The van der Waals surface area contributed by atoms with Crippen molar-refractivity contribution in [2.24, 2.45) is 0 Å². The van der Waals surface area contributed by atoms with E-state index in [9.17, 15) is 0 Å². The molecule has 21 heavy (non-hydrogen) atoms. The molecule has 1 aromatic heterocycles. The summed E-state index contributed by atoms with van der Waals surface area (Å²) in [6.45, 7) is 0. The van der Waals surface area contributed by atoms with Crippen molar-refractivity contribution in [3.8, 4) is 0 Å². The number of benzene rings is 2. The van der Waals surface area contributed by atoms with Crippen molar-refractivity contribution in [3.05, 3.63) is 70.0 Å². The molecular formula is C16H13Cl2N3. The van der Waals surface area contributed by atoms with Crippen LogP contribution in [0.3, 0.4) is 0 Å². The molecule has 1 atom stereocenters. The third kappa shape index (κ3) is 2.86. The van der Waals surface area contributed by atoms with Crippen molar-refractivity contribution in [1.29, 1.82) is 0 Å². The maximum Gasteiger partial charge on any atom is 0.0890 e. The van der Waals surface area contributed by atoms with Gasteiger partial charge in [-0.05, 0) is 48.5 Å². The largest absolute Gasteiger partial charge is 0.309 e. The molecule has 2 aromatic carbocycles. The number of halogens is 2. The molecule has 0 saturated heterocycles. The van der Waals surface area contributed by atoms with E-state index in [-0.39, 0.29) is 6.04 Å². The average molecular weight is 318 g/mol. The number of hydrogen-bond donors (Lipinski definition) is 1. The van der Waals surface area contributed by atoms with E-state index >= 15 is 0 Å². The van der Waals surface area contributed by atoms with Gasteiger partial charge in [-0.2, -0.15) is 0 Å². The number of fused-ring (bicyclic) bond motifs is 1. The SMILES string of the molecule is CNC(c1ccc2nccnc2c1)c1cc(Cl)ccc1Cl. The zero-order valence-corrected chi connectivity index (χ0v) is 12.9. The molecule has 1 N–H and O–H groups in total. The summed E-state index contributed by atoms with van der Waals surface area (Å²) in [6.07, 6.45) is 3.37. The second kappa shape index (κ2) is 5.98. The summed E-state index contributed by atoms with van der Waals surface area (Å²) >= 11 is 12.4. The summed E-state index contributed by atoms with van der Waals surface area (Å²) in [5.74, 6) is 0. The van der Waals surface area contributed by atoms with Gasteiger partial charge < -0.3 is 5.32 Å². The second-order valence-electron chi connectivity index (χ2n) is 4.69. The van der Waals surface area contributed by atoms with Crippen LogP contribution in [0.15, 0.2) is 48.8 Å². The summed E-state index contributed by atoms with van der Waals surface area (Å²) in [7, 11) is 1.89. The molecule has 0 aliphatic heterocycles. The van der Waals surface area contributed by atoms with E-state index in [1.165, 1.54) is 0 Å². The molecule has 106 valence electrons. The third-order valence-corrected chi connectivity index (χ3v) is 3.96.